The molecule has 0 aliphatic carbocycles. The third-order valence-electron chi connectivity index (χ3n) is 4.92. The van der Waals surface area contributed by atoms with Gasteiger partial charge in [0, 0.05) is 62.0 Å². The number of amides is 1. The number of fused-ring (bicyclic) bond motifs is 1. The zero-order chi connectivity index (χ0) is 18.1. The van der Waals surface area contributed by atoms with Crippen molar-refractivity contribution in [2.45, 2.75) is 6.92 Å². The lowest BCUT2D eigenvalue weighted by Crippen LogP contribution is -2.46. The van der Waals surface area contributed by atoms with Crippen LogP contribution in [0.1, 0.15) is 16.1 Å². The van der Waals surface area contributed by atoms with E-state index in [2.05, 4.69) is 10.3 Å². The summed E-state index contributed by atoms with van der Waals surface area (Å²) in [5, 5.41) is 4.31. The number of aryl methyl sites for hydroxylation is 2. The molecule has 1 N–H and O–H groups in total. The minimum atomic E-state index is 0.0804. The first-order valence-electron chi connectivity index (χ1n) is 8.83. The molecule has 1 saturated heterocycles. The third-order valence-corrected chi connectivity index (χ3v) is 4.92. The molecule has 1 aliphatic rings. The summed E-state index contributed by atoms with van der Waals surface area (Å²) in [6.45, 7) is 5.19. The van der Waals surface area contributed by atoms with Crippen LogP contribution in [0.15, 0.2) is 42.6 Å². The molecule has 26 heavy (non-hydrogen) atoms. The molecule has 6 heteroatoms. The van der Waals surface area contributed by atoms with Gasteiger partial charge in [-0.15, -0.1) is 0 Å². The van der Waals surface area contributed by atoms with E-state index in [0.29, 0.717) is 11.6 Å². The highest BCUT2D eigenvalue weighted by Crippen LogP contribution is 2.32. The number of aromatic nitrogens is 2. The van der Waals surface area contributed by atoms with Gasteiger partial charge in [-0.05, 0) is 31.2 Å². The lowest BCUT2D eigenvalue weighted by Gasteiger charge is -2.27. The van der Waals surface area contributed by atoms with Crippen molar-refractivity contribution in [3.63, 3.8) is 0 Å². The van der Waals surface area contributed by atoms with Crippen LogP contribution in [0.3, 0.4) is 0 Å². The zero-order valence-electron chi connectivity index (χ0n) is 15.0. The van der Waals surface area contributed by atoms with E-state index >= 15 is 0 Å². The summed E-state index contributed by atoms with van der Waals surface area (Å²) in [5.41, 5.74) is 2.73. The van der Waals surface area contributed by atoms with Gasteiger partial charge >= 0.3 is 0 Å². The molecule has 1 aromatic carbocycles. The van der Waals surface area contributed by atoms with Gasteiger partial charge in [0.2, 0.25) is 5.88 Å². The van der Waals surface area contributed by atoms with Crippen LogP contribution in [-0.2, 0) is 7.05 Å². The number of rotatable bonds is 3. The molecule has 6 nitrogen and oxygen atoms in total. The molecule has 2 aromatic heterocycles. The summed E-state index contributed by atoms with van der Waals surface area (Å²) in [6, 6.07) is 11.5. The molecule has 0 bridgehead atoms. The SMILES string of the molecule is Cc1c(Oc2ccccn2)ccc2c1cc(C(=O)N1CCNCC1)n2C. The van der Waals surface area contributed by atoms with E-state index in [9.17, 15) is 4.79 Å². The van der Waals surface area contributed by atoms with Gasteiger partial charge in [0.15, 0.2) is 0 Å². The van der Waals surface area contributed by atoms with Crippen LogP contribution in [-0.4, -0.2) is 46.5 Å². The highest BCUT2D eigenvalue weighted by molar-refractivity contribution is 6.00. The van der Waals surface area contributed by atoms with Crippen LogP contribution in [0, 0.1) is 6.92 Å². The van der Waals surface area contributed by atoms with Crippen LogP contribution >= 0.6 is 0 Å². The number of pyridine rings is 1. The smallest absolute Gasteiger partial charge is 0.270 e. The summed E-state index contributed by atoms with van der Waals surface area (Å²) in [4.78, 5) is 19.0. The molecule has 0 spiro atoms. The summed E-state index contributed by atoms with van der Waals surface area (Å²) < 4.78 is 7.89. The van der Waals surface area contributed by atoms with Crippen molar-refractivity contribution < 1.29 is 9.53 Å². The van der Waals surface area contributed by atoms with Gasteiger partial charge in [-0.2, -0.15) is 0 Å². The Labute approximate surface area is 152 Å². The summed E-state index contributed by atoms with van der Waals surface area (Å²) in [5.74, 6) is 1.39. The molecular weight excluding hydrogens is 328 g/mol. The van der Waals surface area contributed by atoms with Crippen molar-refractivity contribution >= 4 is 16.8 Å². The Balaban J connectivity index is 1.70. The Morgan fingerprint density at radius 2 is 2.00 bits per heavy atom. The monoisotopic (exact) mass is 350 g/mol. The number of hydrogen-bond donors (Lipinski definition) is 1. The minimum absolute atomic E-state index is 0.0804. The fraction of sp³-hybridized carbons (Fsp3) is 0.300. The van der Waals surface area contributed by atoms with E-state index in [0.717, 1.165) is 48.4 Å². The molecule has 3 heterocycles. The fourth-order valence-corrected chi connectivity index (χ4v) is 3.40. The largest absolute Gasteiger partial charge is 0.439 e. The second-order valence-electron chi connectivity index (χ2n) is 6.52. The molecule has 0 radical (unpaired) electrons. The lowest BCUT2D eigenvalue weighted by molar-refractivity contribution is 0.0726. The maximum Gasteiger partial charge on any atom is 0.270 e. The fourth-order valence-electron chi connectivity index (χ4n) is 3.40. The quantitative estimate of drug-likeness (QED) is 0.789. The predicted molar refractivity (Wildman–Crippen MR) is 101 cm³/mol. The molecule has 1 fully saturated rings. The molecule has 1 aliphatic heterocycles. The van der Waals surface area contributed by atoms with Crippen LogP contribution in [0.5, 0.6) is 11.6 Å². The van der Waals surface area contributed by atoms with E-state index in [4.69, 9.17) is 4.74 Å². The standard InChI is InChI=1S/C20H22N4O2/c1-14-15-13-17(20(25)24-11-9-21-10-12-24)23(2)16(15)6-7-18(14)26-19-5-3-4-8-22-19/h3-8,13,21H,9-12H2,1-2H3. The highest BCUT2D eigenvalue weighted by atomic mass is 16.5. The van der Waals surface area contributed by atoms with Crippen LogP contribution in [0.25, 0.3) is 10.9 Å². The molecule has 134 valence electrons. The Hall–Kier alpha value is -2.86. The van der Waals surface area contributed by atoms with Crippen LogP contribution in [0.2, 0.25) is 0 Å². The van der Waals surface area contributed by atoms with Gasteiger partial charge < -0.3 is 19.5 Å². The molecule has 1 amide bonds. The van der Waals surface area contributed by atoms with Crippen LogP contribution in [0.4, 0.5) is 0 Å². The van der Waals surface area contributed by atoms with E-state index in [1.807, 2.05) is 59.8 Å². The number of ether oxygens (including phenoxy) is 1. The average molecular weight is 350 g/mol. The molecule has 3 aromatic rings. The third kappa shape index (κ3) is 2.93. The summed E-state index contributed by atoms with van der Waals surface area (Å²) in [6.07, 6.45) is 1.70. The number of carbonyl (C=O) groups excluding carboxylic acids is 1. The van der Waals surface area contributed by atoms with Crippen LogP contribution < -0.4 is 10.1 Å². The van der Waals surface area contributed by atoms with Gasteiger partial charge in [-0.25, -0.2) is 4.98 Å². The Kier molecular flexibility index (Phi) is 4.34. The minimum Gasteiger partial charge on any atom is -0.439 e. The first-order chi connectivity index (χ1) is 12.6. The number of benzene rings is 1. The van der Waals surface area contributed by atoms with Crippen molar-refractivity contribution in [1.29, 1.82) is 0 Å². The zero-order valence-corrected chi connectivity index (χ0v) is 15.0. The highest BCUT2D eigenvalue weighted by Gasteiger charge is 2.22. The van der Waals surface area contributed by atoms with Gasteiger partial charge in [-0.3, -0.25) is 4.79 Å². The molecule has 0 atom stereocenters. The Morgan fingerprint density at radius 1 is 1.19 bits per heavy atom. The summed E-state index contributed by atoms with van der Waals surface area (Å²) >= 11 is 0. The van der Waals surface area contributed by atoms with Gasteiger partial charge in [0.25, 0.3) is 5.91 Å². The predicted octanol–water partition coefficient (Wildman–Crippen LogP) is 2.72. The normalized spacial score (nSPS) is 14.6. The average Bonchev–Trinajstić information content (AvgIpc) is 3.02. The summed E-state index contributed by atoms with van der Waals surface area (Å²) in [7, 11) is 1.94. The van der Waals surface area contributed by atoms with Crippen molar-refractivity contribution in [1.82, 2.24) is 19.8 Å². The van der Waals surface area contributed by atoms with Gasteiger partial charge in [0.05, 0.1) is 0 Å². The maximum absolute atomic E-state index is 12.9. The first-order valence-corrected chi connectivity index (χ1v) is 8.83. The molecule has 4 rings (SSSR count). The molecule has 0 unspecified atom stereocenters. The van der Waals surface area contributed by atoms with E-state index < -0.39 is 0 Å². The lowest BCUT2D eigenvalue weighted by atomic mass is 10.1. The van der Waals surface area contributed by atoms with Crippen molar-refractivity contribution in [3.05, 3.63) is 53.9 Å². The van der Waals surface area contributed by atoms with Crippen molar-refractivity contribution in [2.75, 3.05) is 26.2 Å². The Bertz CT molecular complexity index is 943. The number of nitrogens with one attached hydrogen (secondary N) is 1. The van der Waals surface area contributed by atoms with Crippen molar-refractivity contribution in [3.8, 4) is 11.6 Å². The van der Waals surface area contributed by atoms with E-state index in [1.165, 1.54) is 0 Å². The van der Waals surface area contributed by atoms with Gasteiger partial charge in [-0.1, -0.05) is 6.07 Å². The topological polar surface area (TPSA) is 59.4 Å². The molecular formula is C20H22N4O2. The first kappa shape index (κ1) is 16.6. The number of hydrogen-bond acceptors (Lipinski definition) is 4. The number of nitrogens with zero attached hydrogens (tertiary/aromatic N) is 3. The van der Waals surface area contributed by atoms with Crippen molar-refractivity contribution in [2.24, 2.45) is 7.05 Å². The Morgan fingerprint density at radius 3 is 2.73 bits per heavy atom. The number of carbonyl (C=O) groups is 1. The van der Waals surface area contributed by atoms with E-state index in [-0.39, 0.29) is 5.91 Å². The van der Waals surface area contributed by atoms with E-state index in [1.54, 1.807) is 6.20 Å². The number of piperazine rings is 1. The second kappa shape index (κ2) is 6.80. The molecule has 0 saturated carbocycles. The van der Waals surface area contributed by atoms with Gasteiger partial charge in [0.1, 0.15) is 11.4 Å². The maximum atomic E-state index is 12.9. The second-order valence-corrected chi connectivity index (χ2v) is 6.52.